The third kappa shape index (κ3) is 3.96. The van der Waals surface area contributed by atoms with Crippen LogP contribution < -0.4 is 15.2 Å². The Bertz CT molecular complexity index is 650. The van der Waals surface area contributed by atoms with Crippen LogP contribution in [-0.4, -0.2) is 7.11 Å². The highest BCUT2D eigenvalue weighted by molar-refractivity contribution is 9.11. The summed E-state index contributed by atoms with van der Waals surface area (Å²) in [4.78, 5) is 0. The van der Waals surface area contributed by atoms with Gasteiger partial charge in [0.2, 0.25) is 0 Å². The first-order chi connectivity index (χ1) is 10.0. The van der Waals surface area contributed by atoms with Crippen molar-refractivity contribution >= 4 is 31.9 Å². The summed E-state index contributed by atoms with van der Waals surface area (Å²) in [6.45, 7) is 0.488. The van der Waals surface area contributed by atoms with E-state index in [4.69, 9.17) is 15.2 Å². The summed E-state index contributed by atoms with van der Waals surface area (Å²) in [5.74, 6) is 1.08. The average Bonchev–Trinajstić information content (AvgIpc) is 2.49. The molecule has 0 bridgehead atoms. The standard InChI is InChI=1S/C15H14Br2FNO2/c1-20-14-5-12(17)15(6-11(14)16)21-8-9-2-3-13(18)10(4-9)7-19/h2-6H,7-8,19H2,1H3. The van der Waals surface area contributed by atoms with E-state index >= 15 is 0 Å². The smallest absolute Gasteiger partial charge is 0.135 e. The van der Waals surface area contributed by atoms with E-state index < -0.39 is 0 Å². The largest absolute Gasteiger partial charge is 0.496 e. The fraction of sp³-hybridized carbons (Fsp3) is 0.200. The molecule has 2 N–H and O–H groups in total. The Morgan fingerprint density at radius 3 is 2.43 bits per heavy atom. The van der Waals surface area contributed by atoms with Crippen molar-refractivity contribution in [3.63, 3.8) is 0 Å². The SMILES string of the molecule is COc1cc(Br)c(OCc2ccc(F)c(CN)c2)cc1Br. The predicted octanol–water partition coefficient (Wildman–Crippen LogP) is 4.40. The number of benzene rings is 2. The number of ether oxygens (including phenoxy) is 2. The molecule has 0 fully saturated rings. The quantitative estimate of drug-likeness (QED) is 0.782. The van der Waals surface area contributed by atoms with Gasteiger partial charge in [-0.2, -0.15) is 0 Å². The number of halogens is 3. The number of hydrogen-bond donors (Lipinski definition) is 1. The highest BCUT2D eigenvalue weighted by Gasteiger charge is 2.09. The molecule has 0 unspecified atom stereocenters. The maximum atomic E-state index is 13.4. The van der Waals surface area contributed by atoms with Gasteiger partial charge in [0.25, 0.3) is 0 Å². The van der Waals surface area contributed by atoms with Crippen LogP contribution in [0, 0.1) is 5.82 Å². The van der Waals surface area contributed by atoms with E-state index in [-0.39, 0.29) is 12.4 Å². The van der Waals surface area contributed by atoms with Gasteiger partial charge in [0.05, 0.1) is 16.1 Å². The lowest BCUT2D eigenvalue weighted by Crippen LogP contribution is -2.03. The minimum atomic E-state index is -0.297. The Balaban J connectivity index is 2.15. The Hall–Kier alpha value is -1.11. The third-order valence-corrected chi connectivity index (χ3v) is 4.17. The van der Waals surface area contributed by atoms with Gasteiger partial charge in [-0.15, -0.1) is 0 Å². The Labute approximate surface area is 139 Å². The van der Waals surface area contributed by atoms with Crippen LogP contribution in [0.2, 0.25) is 0 Å². The predicted molar refractivity (Wildman–Crippen MR) is 87.0 cm³/mol. The monoisotopic (exact) mass is 417 g/mol. The van der Waals surface area contributed by atoms with Gasteiger partial charge in [0.15, 0.2) is 0 Å². The Morgan fingerprint density at radius 1 is 1.10 bits per heavy atom. The number of nitrogens with two attached hydrogens (primary N) is 1. The molecule has 21 heavy (non-hydrogen) atoms. The van der Waals surface area contributed by atoms with Crippen molar-refractivity contribution in [2.24, 2.45) is 5.73 Å². The molecular formula is C15H14Br2FNO2. The molecule has 0 aliphatic heterocycles. The molecule has 0 saturated heterocycles. The first kappa shape index (κ1) is 16.3. The molecule has 3 nitrogen and oxygen atoms in total. The second-order valence-corrected chi connectivity index (χ2v) is 6.04. The van der Waals surface area contributed by atoms with Crippen LogP contribution in [0.15, 0.2) is 39.3 Å². The fourth-order valence-corrected chi connectivity index (χ4v) is 2.73. The van der Waals surface area contributed by atoms with E-state index in [9.17, 15) is 4.39 Å². The molecule has 0 saturated carbocycles. The van der Waals surface area contributed by atoms with Crippen LogP contribution in [0.4, 0.5) is 4.39 Å². The van der Waals surface area contributed by atoms with E-state index in [0.29, 0.717) is 23.7 Å². The van der Waals surface area contributed by atoms with Crippen molar-refractivity contribution in [2.45, 2.75) is 13.2 Å². The van der Waals surface area contributed by atoms with Gasteiger partial charge in [-0.3, -0.25) is 0 Å². The summed E-state index contributed by atoms with van der Waals surface area (Å²) in [5, 5.41) is 0. The zero-order valence-electron chi connectivity index (χ0n) is 11.3. The molecule has 0 aliphatic carbocycles. The van der Waals surface area contributed by atoms with Crippen molar-refractivity contribution < 1.29 is 13.9 Å². The van der Waals surface area contributed by atoms with Crippen LogP contribution in [0.1, 0.15) is 11.1 Å². The van der Waals surface area contributed by atoms with E-state index in [0.717, 1.165) is 14.5 Å². The van der Waals surface area contributed by atoms with Crippen molar-refractivity contribution in [3.8, 4) is 11.5 Å². The summed E-state index contributed by atoms with van der Waals surface area (Å²) in [6.07, 6.45) is 0. The summed E-state index contributed by atoms with van der Waals surface area (Å²) in [6, 6.07) is 8.42. The molecule has 2 aromatic carbocycles. The second-order valence-electron chi connectivity index (χ2n) is 4.34. The molecule has 0 aromatic heterocycles. The Morgan fingerprint density at radius 2 is 1.76 bits per heavy atom. The average molecular weight is 419 g/mol. The highest BCUT2D eigenvalue weighted by atomic mass is 79.9. The van der Waals surface area contributed by atoms with Gasteiger partial charge in [-0.05, 0) is 61.7 Å². The maximum absolute atomic E-state index is 13.4. The summed E-state index contributed by atoms with van der Waals surface area (Å²) < 4.78 is 25.9. The fourth-order valence-electron chi connectivity index (χ4n) is 1.81. The van der Waals surface area contributed by atoms with Crippen molar-refractivity contribution in [1.29, 1.82) is 0 Å². The second kappa shape index (κ2) is 7.24. The van der Waals surface area contributed by atoms with E-state index in [1.54, 1.807) is 19.2 Å². The number of hydrogen-bond acceptors (Lipinski definition) is 3. The van der Waals surface area contributed by atoms with Gasteiger partial charge in [-0.25, -0.2) is 4.39 Å². The number of rotatable bonds is 5. The first-order valence-electron chi connectivity index (χ1n) is 6.18. The third-order valence-electron chi connectivity index (χ3n) is 2.93. The summed E-state index contributed by atoms with van der Waals surface area (Å²) in [5.41, 5.74) is 6.83. The summed E-state index contributed by atoms with van der Waals surface area (Å²) >= 11 is 6.84. The first-order valence-corrected chi connectivity index (χ1v) is 7.77. The van der Waals surface area contributed by atoms with Crippen molar-refractivity contribution in [1.82, 2.24) is 0 Å². The molecule has 0 aliphatic rings. The molecule has 2 aromatic rings. The Kier molecular flexibility index (Phi) is 5.61. The zero-order chi connectivity index (χ0) is 15.4. The highest BCUT2D eigenvalue weighted by Crippen LogP contribution is 2.36. The minimum Gasteiger partial charge on any atom is -0.496 e. The summed E-state index contributed by atoms with van der Waals surface area (Å²) in [7, 11) is 1.60. The number of methoxy groups -OCH3 is 1. The van der Waals surface area contributed by atoms with Gasteiger partial charge >= 0.3 is 0 Å². The lowest BCUT2D eigenvalue weighted by Gasteiger charge is -2.12. The molecule has 0 spiro atoms. The molecule has 112 valence electrons. The normalized spacial score (nSPS) is 10.5. The van der Waals surface area contributed by atoms with Gasteiger partial charge in [0.1, 0.15) is 23.9 Å². The van der Waals surface area contributed by atoms with Crippen LogP contribution in [0.25, 0.3) is 0 Å². The lowest BCUT2D eigenvalue weighted by molar-refractivity contribution is 0.303. The van der Waals surface area contributed by atoms with Crippen LogP contribution in [0.5, 0.6) is 11.5 Å². The molecule has 0 atom stereocenters. The zero-order valence-corrected chi connectivity index (χ0v) is 14.5. The minimum absolute atomic E-state index is 0.164. The molecular weight excluding hydrogens is 405 g/mol. The lowest BCUT2D eigenvalue weighted by atomic mass is 10.1. The molecule has 0 radical (unpaired) electrons. The van der Waals surface area contributed by atoms with Crippen LogP contribution >= 0.6 is 31.9 Å². The van der Waals surface area contributed by atoms with Crippen LogP contribution in [-0.2, 0) is 13.2 Å². The van der Waals surface area contributed by atoms with Gasteiger partial charge < -0.3 is 15.2 Å². The van der Waals surface area contributed by atoms with Crippen molar-refractivity contribution in [2.75, 3.05) is 7.11 Å². The topological polar surface area (TPSA) is 44.5 Å². The molecule has 6 heteroatoms. The van der Waals surface area contributed by atoms with E-state index in [1.165, 1.54) is 6.07 Å². The molecule has 0 heterocycles. The maximum Gasteiger partial charge on any atom is 0.135 e. The van der Waals surface area contributed by atoms with E-state index in [1.807, 2.05) is 12.1 Å². The van der Waals surface area contributed by atoms with E-state index in [2.05, 4.69) is 31.9 Å². The molecule has 0 amide bonds. The molecule has 2 rings (SSSR count). The van der Waals surface area contributed by atoms with Gasteiger partial charge in [0, 0.05) is 12.1 Å². The van der Waals surface area contributed by atoms with Gasteiger partial charge in [-0.1, -0.05) is 6.07 Å². The van der Waals surface area contributed by atoms with Crippen molar-refractivity contribution in [3.05, 3.63) is 56.2 Å². The van der Waals surface area contributed by atoms with Crippen LogP contribution in [0.3, 0.4) is 0 Å².